The summed E-state index contributed by atoms with van der Waals surface area (Å²) in [7, 11) is -2.24. The van der Waals surface area contributed by atoms with E-state index in [2.05, 4.69) is 14.4 Å². The third-order valence-corrected chi connectivity index (χ3v) is 2.34. The van der Waals surface area contributed by atoms with Gasteiger partial charge >= 0.3 is 0 Å². The molecule has 1 heterocycles. The van der Waals surface area contributed by atoms with E-state index in [-0.39, 0.29) is 11.5 Å². The maximum atomic E-state index is 11.0. The summed E-state index contributed by atoms with van der Waals surface area (Å²) in [5.74, 6) is 0.122. The maximum absolute atomic E-state index is 11.0. The number of anilines is 2. The Labute approximate surface area is 76.4 Å². The van der Waals surface area contributed by atoms with Crippen molar-refractivity contribution in [1.82, 2.24) is 9.71 Å². The van der Waals surface area contributed by atoms with Crippen LogP contribution in [0.3, 0.4) is 0 Å². The quantitative estimate of drug-likeness (QED) is 0.617. The molecule has 7 heteroatoms. The van der Waals surface area contributed by atoms with Gasteiger partial charge in [0.15, 0.2) is 5.82 Å². The molecule has 1 aromatic heterocycles. The van der Waals surface area contributed by atoms with E-state index in [1.54, 1.807) is 12.1 Å². The summed E-state index contributed by atoms with van der Waals surface area (Å²) in [5.41, 5.74) is 5.74. The number of rotatable bonds is 3. The average molecular weight is 202 g/mol. The summed E-state index contributed by atoms with van der Waals surface area (Å²) >= 11 is 0. The summed E-state index contributed by atoms with van der Waals surface area (Å²) < 4.78 is 26.3. The molecular formula is C6H10N4O2S. The molecule has 13 heavy (non-hydrogen) atoms. The summed E-state index contributed by atoms with van der Waals surface area (Å²) in [5, 5.41) is 0. The summed E-state index contributed by atoms with van der Waals surface area (Å²) in [4.78, 5) is 3.76. The van der Waals surface area contributed by atoms with Crippen LogP contribution < -0.4 is 15.2 Å². The van der Waals surface area contributed by atoms with E-state index in [1.807, 2.05) is 0 Å². The Morgan fingerprint density at radius 1 is 1.54 bits per heavy atom. The fourth-order valence-electron chi connectivity index (χ4n) is 0.681. The van der Waals surface area contributed by atoms with Crippen LogP contribution in [0.15, 0.2) is 18.3 Å². The van der Waals surface area contributed by atoms with Crippen LogP contribution in [-0.4, -0.2) is 20.4 Å². The largest absolute Gasteiger partial charge is 0.396 e. The van der Waals surface area contributed by atoms with Gasteiger partial charge in [0.2, 0.25) is 0 Å². The third kappa shape index (κ3) is 2.56. The van der Waals surface area contributed by atoms with Crippen molar-refractivity contribution in [3.05, 3.63) is 18.3 Å². The Morgan fingerprint density at radius 2 is 2.23 bits per heavy atom. The molecule has 0 bridgehead atoms. The fraction of sp³-hybridized carbons (Fsp3) is 0.167. The highest BCUT2D eigenvalue weighted by atomic mass is 32.2. The lowest BCUT2D eigenvalue weighted by Crippen LogP contribution is -2.27. The molecule has 0 unspecified atom stereocenters. The summed E-state index contributed by atoms with van der Waals surface area (Å²) in [6.45, 7) is 0. The number of hydrogen-bond donors (Lipinski definition) is 3. The average Bonchev–Trinajstić information content (AvgIpc) is 2.09. The van der Waals surface area contributed by atoms with Gasteiger partial charge in [0.1, 0.15) is 0 Å². The van der Waals surface area contributed by atoms with Crippen molar-refractivity contribution in [1.29, 1.82) is 0 Å². The van der Waals surface area contributed by atoms with Crippen molar-refractivity contribution in [2.75, 3.05) is 17.5 Å². The Balaban J connectivity index is 2.93. The van der Waals surface area contributed by atoms with Crippen LogP contribution in [-0.2, 0) is 10.2 Å². The van der Waals surface area contributed by atoms with E-state index < -0.39 is 10.2 Å². The van der Waals surface area contributed by atoms with Crippen molar-refractivity contribution >= 4 is 21.7 Å². The lowest BCUT2D eigenvalue weighted by atomic mass is 10.4. The van der Waals surface area contributed by atoms with Crippen molar-refractivity contribution in [3.8, 4) is 0 Å². The molecule has 0 amide bonds. The summed E-state index contributed by atoms with van der Waals surface area (Å²) in [6.07, 6.45) is 1.45. The minimum atomic E-state index is -3.54. The van der Waals surface area contributed by atoms with E-state index in [0.29, 0.717) is 0 Å². The molecule has 0 aliphatic rings. The van der Waals surface area contributed by atoms with Gasteiger partial charge in [0, 0.05) is 13.2 Å². The zero-order chi connectivity index (χ0) is 9.90. The van der Waals surface area contributed by atoms with Crippen LogP contribution >= 0.6 is 0 Å². The monoisotopic (exact) mass is 202 g/mol. The van der Waals surface area contributed by atoms with Gasteiger partial charge in [-0.15, -0.1) is 0 Å². The van der Waals surface area contributed by atoms with Crippen LogP contribution in [0.1, 0.15) is 0 Å². The summed E-state index contributed by atoms with van der Waals surface area (Å²) in [6, 6.07) is 3.17. The number of nitrogens with one attached hydrogen (secondary N) is 2. The van der Waals surface area contributed by atoms with E-state index >= 15 is 0 Å². The van der Waals surface area contributed by atoms with Gasteiger partial charge in [-0.3, -0.25) is 4.72 Å². The lowest BCUT2D eigenvalue weighted by molar-refractivity contribution is 0.593. The van der Waals surface area contributed by atoms with Gasteiger partial charge in [-0.2, -0.15) is 8.42 Å². The number of aromatic nitrogens is 1. The second-order valence-electron chi connectivity index (χ2n) is 2.25. The predicted molar refractivity (Wildman–Crippen MR) is 50.3 cm³/mol. The van der Waals surface area contributed by atoms with Gasteiger partial charge in [-0.25, -0.2) is 9.71 Å². The smallest absolute Gasteiger partial charge is 0.300 e. The van der Waals surface area contributed by atoms with Gasteiger partial charge in [-0.1, -0.05) is 0 Å². The Hall–Kier alpha value is -1.34. The second kappa shape index (κ2) is 3.58. The minimum absolute atomic E-state index is 0.122. The molecule has 4 N–H and O–H groups in total. The Morgan fingerprint density at radius 3 is 2.77 bits per heavy atom. The first kappa shape index (κ1) is 9.75. The predicted octanol–water partition coefficient (Wildman–Crippen LogP) is -0.460. The first-order valence-electron chi connectivity index (χ1n) is 3.47. The molecule has 0 saturated heterocycles. The van der Waals surface area contributed by atoms with Crippen LogP contribution in [0.5, 0.6) is 0 Å². The van der Waals surface area contributed by atoms with Gasteiger partial charge in [-0.05, 0) is 12.1 Å². The lowest BCUT2D eigenvalue weighted by Gasteiger charge is -2.06. The van der Waals surface area contributed by atoms with Crippen LogP contribution in [0.2, 0.25) is 0 Å². The highest BCUT2D eigenvalue weighted by Crippen LogP contribution is 2.13. The molecule has 0 fully saturated rings. The maximum Gasteiger partial charge on any atom is 0.300 e. The van der Waals surface area contributed by atoms with Gasteiger partial charge in [0.05, 0.1) is 5.69 Å². The molecule has 0 aliphatic carbocycles. The van der Waals surface area contributed by atoms with Crippen LogP contribution in [0, 0.1) is 0 Å². The highest BCUT2D eigenvalue weighted by molar-refractivity contribution is 7.90. The van der Waals surface area contributed by atoms with Crippen molar-refractivity contribution in [2.24, 2.45) is 0 Å². The molecule has 0 saturated carbocycles. The van der Waals surface area contributed by atoms with Crippen molar-refractivity contribution in [3.63, 3.8) is 0 Å². The SMILES string of the molecule is CNS(=O)(=O)Nc1ncccc1N. The number of nitrogens with two attached hydrogens (primary N) is 1. The minimum Gasteiger partial charge on any atom is -0.396 e. The second-order valence-corrected chi connectivity index (χ2v) is 3.87. The molecule has 1 aromatic rings. The Kier molecular flexibility index (Phi) is 2.69. The van der Waals surface area contributed by atoms with Gasteiger partial charge in [0.25, 0.3) is 10.2 Å². The number of hydrogen-bond acceptors (Lipinski definition) is 4. The van der Waals surface area contributed by atoms with Crippen LogP contribution in [0.25, 0.3) is 0 Å². The number of nitrogen functional groups attached to an aromatic ring is 1. The molecule has 0 atom stereocenters. The Bertz CT molecular complexity index is 389. The molecule has 1 rings (SSSR count). The highest BCUT2D eigenvalue weighted by Gasteiger charge is 2.08. The van der Waals surface area contributed by atoms with E-state index in [4.69, 9.17) is 5.73 Å². The third-order valence-electron chi connectivity index (χ3n) is 1.34. The standard InChI is InChI=1S/C6H10N4O2S/c1-8-13(11,12)10-6-5(7)3-2-4-9-6/h2-4,8H,7H2,1H3,(H,9,10). The molecule has 0 spiro atoms. The zero-order valence-corrected chi connectivity index (χ0v) is 7.80. The molecule has 0 radical (unpaired) electrons. The van der Waals surface area contributed by atoms with E-state index in [1.165, 1.54) is 13.2 Å². The molecule has 0 aliphatic heterocycles. The molecule has 72 valence electrons. The molecule has 0 aromatic carbocycles. The van der Waals surface area contributed by atoms with Gasteiger partial charge < -0.3 is 5.73 Å². The van der Waals surface area contributed by atoms with Crippen LogP contribution in [0.4, 0.5) is 11.5 Å². The molecular weight excluding hydrogens is 192 g/mol. The van der Waals surface area contributed by atoms with E-state index in [0.717, 1.165) is 0 Å². The number of nitrogens with zero attached hydrogens (tertiary/aromatic N) is 1. The molecule has 6 nitrogen and oxygen atoms in total. The fourth-order valence-corrected chi connectivity index (χ4v) is 1.21. The van der Waals surface area contributed by atoms with Crippen molar-refractivity contribution < 1.29 is 8.42 Å². The first-order valence-corrected chi connectivity index (χ1v) is 4.95. The van der Waals surface area contributed by atoms with Crippen molar-refractivity contribution in [2.45, 2.75) is 0 Å². The number of pyridine rings is 1. The van der Waals surface area contributed by atoms with E-state index in [9.17, 15) is 8.42 Å². The first-order chi connectivity index (χ1) is 6.05. The zero-order valence-electron chi connectivity index (χ0n) is 6.98. The topological polar surface area (TPSA) is 97.1 Å². The normalized spacial score (nSPS) is 11.2.